The third-order valence-electron chi connectivity index (χ3n) is 4.48. The Morgan fingerprint density at radius 3 is 3.12 bits per heavy atom. The molecule has 4 heteroatoms. The lowest BCUT2D eigenvalue weighted by Gasteiger charge is -2.22. The molecule has 2 fully saturated rings. The van der Waals surface area contributed by atoms with E-state index in [-0.39, 0.29) is 11.8 Å². The molecule has 0 spiro atoms. The second-order valence-corrected chi connectivity index (χ2v) is 6.29. The molecule has 2 saturated carbocycles. The minimum absolute atomic E-state index is 0.120. The van der Waals surface area contributed by atoms with E-state index in [9.17, 15) is 5.11 Å². The number of fused-ring (bicyclic) bond motifs is 5. The molecule has 2 heterocycles. The highest BCUT2D eigenvalue weighted by atomic mass is 32.1. The molecule has 88 valence electrons. The summed E-state index contributed by atoms with van der Waals surface area (Å²) in [5.74, 6) is 1.62. The molecule has 17 heavy (non-hydrogen) atoms. The van der Waals surface area contributed by atoms with Gasteiger partial charge in [-0.05, 0) is 41.7 Å². The van der Waals surface area contributed by atoms with Crippen LogP contribution in [0.2, 0.25) is 0 Å². The van der Waals surface area contributed by atoms with Crippen LogP contribution in [0.5, 0.6) is 0 Å². The molecule has 2 aliphatic carbocycles. The first-order valence-corrected chi connectivity index (χ1v) is 7.13. The van der Waals surface area contributed by atoms with Gasteiger partial charge in [0.25, 0.3) is 0 Å². The maximum atomic E-state index is 12.0. The Hall–Kier alpha value is -1.16. The molecule has 3 aliphatic rings. The van der Waals surface area contributed by atoms with Crippen LogP contribution in [0.3, 0.4) is 0 Å². The zero-order chi connectivity index (χ0) is 11.4. The quantitative estimate of drug-likeness (QED) is 0.688. The monoisotopic (exact) mass is 246 g/mol. The van der Waals surface area contributed by atoms with E-state index in [1.807, 2.05) is 17.0 Å². The van der Waals surface area contributed by atoms with Crippen LogP contribution >= 0.6 is 11.3 Å². The Balaban J connectivity index is 1.74. The topological polar surface area (TPSA) is 38.4 Å². The van der Waals surface area contributed by atoms with Gasteiger partial charge in [-0.1, -0.05) is 10.8 Å². The molecule has 1 aliphatic heterocycles. The van der Waals surface area contributed by atoms with Gasteiger partial charge in [-0.15, -0.1) is 11.3 Å². The van der Waals surface area contributed by atoms with Gasteiger partial charge in [0.15, 0.2) is 6.04 Å². The van der Waals surface area contributed by atoms with E-state index in [0.717, 1.165) is 0 Å². The summed E-state index contributed by atoms with van der Waals surface area (Å²) in [7, 11) is 0. The van der Waals surface area contributed by atoms with E-state index >= 15 is 0 Å². The van der Waals surface area contributed by atoms with Crippen LogP contribution in [0.15, 0.2) is 22.6 Å². The summed E-state index contributed by atoms with van der Waals surface area (Å²) in [6.07, 6.45) is 5.81. The smallest absolute Gasteiger partial charge is 0.213 e. The standard InChI is InChI=1S/C13H14N2OS/c16-13-11-8-3-4-9(6-8)12(11)15(14-13)7-10-2-1-5-17-10/h1-2,5,7-9,11-12H,3-4,6H2/b15-7+. The predicted octanol–water partition coefficient (Wildman–Crippen LogP) is 1.28. The van der Waals surface area contributed by atoms with Crippen LogP contribution in [-0.4, -0.2) is 22.8 Å². The van der Waals surface area contributed by atoms with E-state index in [1.54, 1.807) is 11.3 Å². The van der Waals surface area contributed by atoms with Crippen LogP contribution in [0.1, 0.15) is 24.1 Å². The molecule has 0 amide bonds. The predicted molar refractivity (Wildman–Crippen MR) is 65.3 cm³/mol. The number of hydrogen-bond donors (Lipinski definition) is 0. The lowest BCUT2D eigenvalue weighted by atomic mass is 9.85. The van der Waals surface area contributed by atoms with Gasteiger partial charge in [0, 0.05) is 11.8 Å². The molecule has 0 saturated heterocycles. The summed E-state index contributed by atoms with van der Waals surface area (Å²) in [6.45, 7) is 0. The Bertz CT molecular complexity index is 505. The first kappa shape index (κ1) is 9.83. The van der Waals surface area contributed by atoms with Crippen molar-refractivity contribution in [3.63, 3.8) is 0 Å². The number of hydrogen-bond acceptors (Lipinski definition) is 3. The average Bonchev–Trinajstić information content (AvgIpc) is 3.04. The number of nitrogens with zero attached hydrogens (tertiary/aromatic N) is 2. The van der Waals surface area contributed by atoms with Gasteiger partial charge in [0.05, 0.1) is 10.8 Å². The van der Waals surface area contributed by atoms with Crippen LogP contribution in [0.4, 0.5) is 0 Å². The van der Waals surface area contributed by atoms with Crippen LogP contribution in [-0.2, 0) is 0 Å². The van der Waals surface area contributed by atoms with Crippen molar-refractivity contribution in [2.24, 2.45) is 22.9 Å². The van der Waals surface area contributed by atoms with Gasteiger partial charge in [-0.25, -0.2) is 0 Å². The Morgan fingerprint density at radius 2 is 2.29 bits per heavy atom. The Labute approximate surface area is 104 Å². The van der Waals surface area contributed by atoms with Gasteiger partial charge in [-0.2, -0.15) is 0 Å². The van der Waals surface area contributed by atoms with Crippen molar-refractivity contribution < 1.29 is 9.79 Å². The van der Waals surface area contributed by atoms with Crippen molar-refractivity contribution in [1.82, 2.24) is 0 Å². The molecule has 0 radical (unpaired) electrons. The summed E-state index contributed by atoms with van der Waals surface area (Å²) >= 11 is 1.70. The molecule has 4 rings (SSSR count). The number of thiophene rings is 1. The van der Waals surface area contributed by atoms with Gasteiger partial charge in [0.2, 0.25) is 6.21 Å². The molecular weight excluding hydrogens is 232 g/mol. The van der Waals surface area contributed by atoms with Gasteiger partial charge in [-0.3, -0.25) is 0 Å². The van der Waals surface area contributed by atoms with Crippen LogP contribution < -0.4 is 5.11 Å². The van der Waals surface area contributed by atoms with Crippen molar-refractivity contribution in [3.8, 4) is 0 Å². The SMILES string of the molecule is [O-]C1=N/[N+](=C/c2cccs2)C2C3CCC(C3)C12. The third kappa shape index (κ3) is 1.33. The molecule has 1 aromatic heterocycles. The van der Waals surface area contributed by atoms with E-state index in [4.69, 9.17) is 0 Å². The minimum atomic E-state index is 0.120. The van der Waals surface area contributed by atoms with Crippen LogP contribution in [0, 0.1) is 17.8 Å². The molecular formula is C13H14N2OS. The van der Waals surface area contributed by atoms with Crippen LogP contribution in [0.25, 0.3) is 0 Å². The van der Waals surface area contributed by atoms with E-state index in [1.165, 1.54) is 24.1 Å². The van der Waals surface area contributed by atoms with Crippen molar-refractivity contribution >= 4 is 23.4 Å². The maximum Gasteiger partial charge on any atom is 0.213 e. The summed E-state index contributed by atoms with van der Waals surface area (Å²) in [4.78, 5) is 1.19. The fourth-order valence-corrected chi connectivity index (χ4v) is 4.49. The minimum Gasteiger partial charge on any atom is -0.857 e. The summed E-state index contributed by atoms with van der Waals surface area (Å²) < 4.78 is 1.96. The van der Waals surface area contributed by atoms with E-state index < -0.39 is 0 Å². The molecule has 2 bridgehead atoms. The van der Waals surface area contributed by atoms with Crippen molar-refractivity contribution in [1.29, 1.82) is 0 Å². The lowest BCUT2D eigenvalue weighted by molar-refractivity contribution is -0.568. The molecule has 3 nitrogen and oxygen atoms in total. The largest absolute Gasteiger partial charge is 0.857 e. The maximum absolute atomic E-state index is 12.0. The summed E-state index contributed by atoms with van der Waals surface area (Å²) in [6, 6.07) is 4.47. The molecule has 0 aromatic carbocycles. The van der Waals surface area contributed by atoms with Crippen molar-refractivity contribution in [2.45, 2.75) is 25.3 Å². The summed E-state index contributed by atoms with van der Waals surface area (Å²) in [5, 5.41) is 18.3. The average molecular weight is 246 g/mol. The van der Waals surface area contributed by atoms with Crippen molar-refractivity contribution in [2.75, 3.05) is 0 Å². The molecule has 0 N–H and O–H groups in total. The molecule has 4 atom stereocenters. The highest BCUT2D eigenvalue weighted by Gasteiger charge is 2.57. The normalized spacial score (nSPS) is 40.9. The highest BCUT2D eigenvalue weighted by Crippen LogP contribution is 2.51. The third-order valence-corrected chi connectivity index (χ3v) is 5.29. The first-order valence-electron chi connectivity index (χ1n) is 6.25. The summed E-state index contributed by atoms with van der Waals surface area (Å²) in [5.41, 5.74) is 0. The zero-order valence-electron chi connectivity index (χ0n) is 9.45. The Morgan fingerprint density at radius 1 is 1.41 bits per heavy atom. The first-order chi connectivity index (χ1) is 8.33. The number of hydrazone groups is 1. The van der Waals surface area contributed by atoms with Gasteiger partial charge >= 0.3 is 0 Å². The fraction of sp³-hybridized carbons (Fsp3) is 0.538. The number of rotatable bonds is 1. The van der Waals surface area contributed by atoms with Gasteiger partial charge in [0.1, 0.15) is 0 Å². The second-order valence-electron chi connectivity index (χ2n) is 5.31. The van der Waals surface area contributed by atoms with E-state index in [2.05, 4.69) is 16.5 Å². The molecule has 1 aromatic rings. The Kier molecular flexibility index (Phi) is 1.98. The fourth-order valence-electron chi connectivity index (χ4n) is 3.85. The second kappa shape index (κ2) is 3.42. The molecule has 4 unspecified atom stereocenters. The highest BCUT2D eigenvalue weighted by molar-refractivity contribution is 7.11. The zero-order valence-corrected chi connectivity index (χ0v) is 10.3. The lowest BCUT2D eigenvalue weighted by Crippen LogP contribution is -2.37. The van der Waals surface area contributed by atoms with Crippen molar-refractivity contribution in [3.05, 3.63) is 22.4 Å². The van der Waals surface area contributed by atoms with E-state index in [0.29, 0.717) is 17.9 Å². The van der Waals surface area contributed by atoms with Gasteiger partial charge < -0.3 is 5.11 Å².